The number of amides is 3. The van der Waals surface area contributed by atoms with E-state index in [1.165, 1.54) is 0 Å². The van der Waals surface area contributed by atoms with E-state index in [1.807, 2.05) is 31.2 Å². The van der Waals surface area contributed by atoms with Gasteiger partial charge in [0, 0.05) is 37.3 Å². The average molecular weight is 333 g/mol. The molecule has 1 aromatic carbocycles. The summed E-state index contributed by atoms with van der Waals surface area (Å²) in [5.41, 5.74) is 0.716. The number of hydrogen-bond acceptors (Lipinski definition) is 3. The summed E-state index contributed by atoms with van der Waals surface area (Å²) >= 11 is 0. The molecule has 0 radical (unpaired) electrons. The molecule has 1 saturated heterocycles. The molecular weight excluding hydrogens is 306 g/mol. The molecule has 2 N–H and O–H groups in total. The quantitative estimate of drug-likeness (QED) is 0.841. The molecule has 3 amide bonds. The van der Waals surface area contributed by atoms with Crippen LogP contribution < -0.4 is 15.4 Å². The Morgan fingerprint density at radius 1 is 1.33 bits per heavy atom. The minimum atomic E-state index is -0.141. The monoisotopic (exact) mass is 333 g/mol. The zero-order chi connectivity index (χ0) is 17.4. The van der Waals surface area contributed by atoms with E-state index in [1.54, 1.807) is 4.90 Å². The van der Waals surface area contributed by atoms with Gasteiger partial charge >= 0.3 is 6.03 Å². The second-order valence-electron chi connectivity index (χ2n) is 6.01. The summed E-state index contributed by atoms with van der Waals surface area (Å²) in [6.45, 7) is 5.79. The van der Waals surface area contributed by atoms with Crippen molar-refractivity contribution in [1.29, 1.82) is 0 Å². The third kappa shape index (κ3) is 5.44. The van der Waals surface area contributed by atoms with Gasteiger partial charge in [0.2, 0.25) is 5.91 Å². The first-order valence-corrected chi connectivity index (χ1v) is 8.70. The van der Waals surface area contributed by atoms with Gasteiger partial charge in [-0.1, -0.05) is 19.9 Å². The maximum absolute atomic E-state index is 12.5. The highest BCUT2D eigenvalue weighted by Crippen LogP contribution is 2.19. The molecule has 1 atom stereocenters. The molecule has 0 unspecified atom stereocenters. The van der Waals surface area contributed by atoms with E-state index in [9.17, 15) is 9.59 Å². The number of rotatable bonds is 6. The number of carbonyl (C=O) groups is 2. The minimum Gasteiger partial charge on any atom is -0.494 e. The van der Waals surface area contributed by atoms with Crippen LogP contribution in [-0.2, 0) is 4.79 Å². The number of urea groups is 1. The summed E-state index contributed by atoms with van der Waals surface area (Å²) in [4.78, 5) is 25.7. The molecular formula is C18H27N3O3. The van der Waals surface area contributed by atoms with Crippen molar-refractivity contribution in [2.24, 2.45) is 0 Å². The van der Waals surface area contributed by atoms with Crippen LogP contribution in [0.4, 0.5) is 10.5 Å². The maximum atomic E-state index is 12.5. The maximum Gasteiger partial charge on any atom is 0.321 e. The second kappa shape index (κ2) is 9.15. The van der Waals surface area contributed by atoms with Crippen LogP contribution in [0, 0.1) is 0 Å². The summed E-state index contributed by atoms with van der Waals surface area (Å²) in [6.07, 6.45) is 3.21. The summed E-state index contributed by atoms with van der Waals surface area (Å²) in [7, 11) is 0. The molecule has 0 aliphatic carbocycles. The fourth-order valence-corrected chi connectivity index (χ4v) is 2.70. The molecule has 1 heterocycles. The fraction of sp³-hybridized carbons (Fsp3) is 0.556. The van der Waals surface area contributed by atoms with Gasteiger partial charge < -0.3 is 20.3 Å². The van der Waals surface area contributed by atoms with Gasteiger partial charge in [-0.25, -0.2) is 4.79 Å². The first-order chi connectivity index (χ1) is 11.6. The number of benzene rings is 1. The molecule has 1 aliphatic rings. The van der Waals surface area contributed by atoms with Gasteiger partial charge in [-0.3, -0.25) is 4.79 Å². The Kier molecular flexibility index (Phi) is 6.90. The van der Waals surface area contributed by atoms with Crippen LogP contribution in [-0.4, -0.2) is 42.6 Å². The van der Waals surface area contributed by atoms with E-state index in [-0.39, 0.29) is 18.0 Å². The summed E-state index contributed by atoms with van der Waals surface area (Å²) in [5, 5.41) is 5.88. The normalized spacial score (nSPS) is 17.2. The topological polar surface area (TPSA) is 70.7 Å². The Balaban J connectivity index is 1.90. The van der Waals surface area contributed by atoms with Gasteiger partial charge in [0.15, 0.2) is 0 Å². The van der Waals surface area contributed by atoms with Crippen molar-refractivity contribution in [2.45, 2.75) is 45.6 Å². The Morgan fingerprint density at radius 3 is 2.92 bits per heavy atom. The van der Waals surface area contributed by atoms with Crippen LogP contribution in [0.2, 0.25) is 0 Å². The van der Waals surface area contributed by atoms with Crippen LogP contribution in [0.25, 0.3) is 0 Å². The zero-order valence-electron chi connectivity index (χ0n) is 14.5. The Hall–Kier alpha value is -2.24. The smallest absolute Gasteiger partial charge is 0.321 e. The largest absolute Gasteiger partial charge is 0.494 e. The number of hydrogen-bond donors (Lipinski definition) is 2. The summed E-state index contributed by atoms with van der Waals surface area (Å²) in [6, 6.07) is 7.31. The van der Waals surface area contributed by atoms with E-state index in [4.69, 9.17) is 4.74 Å². The lowest BCUT2D eigenvalue weighted by molar-refractivity contribution is -0.121. The van der Waals surface area contributed by atoms with Crippen LogP contribution in [0.3, 0.4) is 0 Å². The van der Waals surface area contributed by atoms with Gasteiger partial charge in [-0.05, 0) is 31.4 Å². The number of carbonyl (C=O) groups excluding carboxylic acids is 2. The van der Waals surface area contributed by atoms with E-state index in [0.29, 0.717) is 31.8 Å². The van der Waals surface area contributed by atoms with Gasteiger partial charge in [0.1, 0.15) is 5.75 Å². The number of ether oxygens (including phenoxy) is 1. The second-order valence-corrected chi connectivity index (χ2v) is 6.01. The van der Waals surface area contributed by atoms with Crippen LogP contribution in [0.5, 0.6) is 5.75 Å². The predicted octanol–water partition coefficient (Wildman–Crippen LogP) is 3.00. The van der Waals surface area contributed by atoms with Crippen LogP contribution in [0.15, 0.2) is 24.3 Å². The van der Waals surface area contributed by atoms with Gasteiger partial charge in [0.05, 0.1) is 6.61 Å². The highest BCUT2D eigenvalue weighted by atomic mass is 16.5. The molecule has 2 rings (SSSR count). The standard InChI is InChI=1S/C18H27N3O3/c1-3-11-24-16-9-5-7-14(12-16)20-18(23)21-10-6-8-15(13-21)19-17(22)4-2/h5,7,9,12,15H,3-4,6,8,10-11,13H2,1-2H3,(H,19,22)(H,20,23)/t15-/m0/s1. The lowest BCUT2D eigenvalue weighted by Gasteiger charge is -2.33. The third-order valence-electron chi connectivity index (χ3n) is 3.95. The SMILES string of the molecule is CCCOc1cccc(NC(=O)N2CCC[C@H](NC(=O)CC)C2)c1. The molecule has 0 bridgehead atoms. The summed E-state index contributed by atoms with van der Waals surface area (Å²) in [5.74, 6) is 0.782. The molecule has 0 saturated carbocycles. The van der Waals surface area contributed by atoms with Crippen molar-refractivity contribution >= 4 is 17.6 Å². The number of nitrogens with zero attached hydrogens (tertiary/aromatic N) is 1. The lowest BCUT2D eigenvalue weighted by atomic mass is 10.1. The minimum absolute atomic E-state index is 0.0306. The fourth-order valence-electron chi connectivity index (χ4n) is 2.70. The Labute approximate surface area is 143 Å². The molecule has 0 aromatic heterocycles. The lowest BCUT2D eigenvalue weighted by Crippen LogP contribution is -2.50. The van der Waals surface area contributed by atoms with Crippen molar-refractivity contribution in [3.8, 4) is 5.75 Å². The van der Waals surface area contributed by atoms with Crippen molar-refractivity contribution < 1.29 is 14.3 Å². The Bertz CT molecular complexity index is 562. The van der Waals surface area contributed by atoms with Crippen molar-refractivity contribution in [3.63, 3.8) is 0 Å². The molecule has 1 aliphatic heterocycles. The molecule has 1 aromatic rings. The molecule has 0 spiro atoms. The third-order valence-corrected chi connectivity index (χ3v) is 3.95. The molecule has 6 heteroatoms. The van der Waals surface area contributed by atoms with Gasteiger partial charge in [0.25, 0.3) is 0 Å². The predicted molar refractivity (Wildman–Crippen MR) is 94.3 cm³/mol. The molecule has 132 valence electrons. The van der Waals surface area contributed by atoms with E-state index >= 15 is 0 Å². The number of piperidine rings is 1. The molecule has 24 heavy (non-hydrogen) atoms. The van der Waals surface area contributed by atoms with Crippen molar-refractivity contribution in [3.05, 3.63) is 24.3 Å². The van der Waals surface area contributed by atoms with Crippen molar-refractivity contribution in [1.82, 2.24) is 10.2 Å². The molecule has 6 nitrogen and oxygen atoms in total. The zero-order valence-corrected chi connectivity index (χ0v) is 14.5. The molecule has 1 fully saturated rings. The van der Waals surface area contributed by atoms with E-state index < -0.39 is 0 Å². The average Bonchev–Trinajstić information content (AvgIpc) is 2.60. The number of anilines is 1. The summed E-state index contributed by atoms with van der Waals surface area (Å²) < 4.78 is 5.58. The highest BCUT2D eigenvalue weighted by Gasteiger charge is 2.24. The van der Waals surface area contributed by atoms with E-state index in [0.717, 1.165) is 25.0 Å². The number of nitrogens with one attached hydrogen (secondary N) is 2. The van der Waals surface area contributed by atoms with Gasteiger partial charge in [-0.2, -0.15) is 0 Å². The Morgan fingerprint density at radius 2 is 2.17 bits per heavy atom. The highest BCUT2D eigenvalue weighted by molar-refractivity contribution is 5.89. The van der Waals surface area contributed by atoms with Crippen LogP contribution in [0.1, 0.15) is 39.5 Å². The van der Waals surface area contributed by atoms with Crippen molar-refractivity contribution in [2.75, 3.05) is 25.0 Å². The van der Waals surface area contributed by atoms with Gasteiger partial charge in [-0.15, -0.1) is 0 Å². The van der Waals surface area contributed by atoms with Crippen LogP contribution >= 0.6 is 0 Å². The van der Waals surface area contributed by atoms with E-state index in [2.05, 4.69) is 17.6 Å². The first kappa shape index (κ1) is 18.1. The first-order valence-electron chi connectivity index (χ1n) is 8.70. The number of likely N-dealkylation sites (tertiary alicyclic amines) is 1.